The number of thioether (sulfide) groups is 1. The van der Waals surface area contributed by atoms with Crippen LogP contribution in [0.1, 0.15) is 23.6 Å². The van der Waals surface area contributed by atoms with Crippen molar-refractivity contribution in [3.05, 3.63) is 94.1 Å². The average molecular weight is 521 g/mol. The summed E-state index contributed by atoms with van der Waals surface area (Å²) in [5.41, 5.74) is 3.13. The number of benzene rings is 3. The molecule has 0 saturated carbocycles. The molecule has 3 aromatic carbocycles. The molecular weight excluding hydrogens is 495 g/mol. The van der Waals surface area contributed by atoms with Gasteiger partial charge >= 0.3 is 0 Å². The summed E-state index contributed by atoms with van der Waals surface area (Å²) in [5.74, 6) is -0.395. The number of halogens is 1. The van der Waals surface area contributed by atoms with Crippen molar-refractivity contribution in [3.8, 4) is 11.5 Å². The number of nitrogens with one attached hydrogen (secondary N) is 1. The molecule has 0 bridgehead atoms. The molecule has 0 unspecified atom stereocenters. The topological polar surface area (TPSA) is 84.9 Å². The van der Waals surface area contributed by atoms with Gasteiger partial charge in [0.25, 0.3) is 17.1 Å². The van der Waals surface area contributed by atoms with Crippen LogP contribution in [-0.2, 0) is 22.6 Å². The number of carbonyl (C=O) groups is 3. The molecule has 0 atom stereocenters. The monoisotopic (exact) mass is 520 g/mol. The number of aryl methyl sites for hydroxylation is 1. The molecule has 37 heavy (non-hydrogen) atoms. The number of methoxy groups -OCH3 is 1. The zero-order chi connectivity index (χ0) is 26.4. The van der Waals surface area contributed by atoms with Crippen molar-refractivity contribution in [1.82, 2.24) is 4.90 Å². The number of rotatable bonds is 9. The molecule has 4 rings (SSSR count). The molecule has 3 aromatic rings. The van der Waals surface area contributed by atoms with Crippen LogP contribution in [0.3, 0.4) is 0 Å². The van der Waals surface area contributed by atoms with Gasteiger partial charge in [-0.15, -0.1) is 0 Å². The van der Waals surface area contributed by atoms with E-state index in [0.717, 1.165) is 23.1 Å². The maximum atomic E-state index is 13.1. The van der Waals surface area contributed by atoms with Gasteiger partial charge < -0.3 is 14.8 Å². The third-order valence-corrected chi connectivity index (χ3v) is 6.53. The first-order valence-corrected chi connectivity index (χ1v) is 12.4. The van der Waals surface area contributed by atoms with E-state index in [9.17, 15) is 18.8 Å². The van der Waals surface area contributed by atoms with Crippen LogP contribution in [0.5, 0.6) is 11.5 Å². The molecule has 7 nitrogen and oxygen atoms in total. The Kier molecular flexibility index (Phi) is 8.25. The molecule has 0 aliphatic carbocycles. The van der Waals surface area contributed by atoms with E-state index < -0.39 is 11.1 Å². The first-order valence-electron chi connectivity index (χ1n) is 11.6. The summed E-state index contributed by atoms with van der Waals surface area (Å²) in [5, 5.41) is 2.38. The third kappa shape index (κ3) is 6.56. The van der Waals surface area contributed by atoms with Crippen LogP contribution >= 0.6 is 11.8 Å². The minimum absolute atomic E-state index is 0.0587. The smallest absolute Gasteiger partial charge is 0.293 e. The molecule has 1 aliphatic rings. The van der Waals surface area contributed by atoms with Crippen molar-refractivity contribution < 1.29 is 28.2 Å². The zero-order valence-electron chi connectivity index (χ0n) is 20.3. The summed E-state index contributed by atoms with van der Waals surface area (Å²) in [4.78, 5) is 38.9. The van der Waals surface area contributed by atoms with Crippen molar-refractivity contribution >= 4 is 40.6 Å². The Labute approximate surface area is 218 Å². The number of nitrogens with zero attached hydrogens (tertiary/aromatic N) is 1. The van der Waals surface area contributed by atoms with Crippen molar-refractivity contribution in [2.75, 3.05) is 19.0 Å². The van der Waals surface area contributed by atoms with Crippen molar-refractivity contribution in [2.45, 2.75) is 19.9 Å². The van der Waals surface area contributed by atoms with Crippen LogP contribution in [0.4, 0.5) is 14.9 Å². The molecule has 3 amide bonds. The minimum Gasteiger partial charge on any atom is -0.493 e. The normalized spacial score (nSPS) is 14.2. The number of imide groups is 1. The van der Waals surface area contributed by atoms with Crippen molar-refractivity contribution in [2.24, 2.45) is 0 Å². The number of ether oxygens (including phenoxy) is 2. The summed E-state index contributed by atoms with van der Waals surface area (Å²) in [6.45, 7) is 1.90. The summed E-state index contributed by atoms with van der Waals surface area (Å²) < 4.78 is 24.2. The van der Waals surface area contributed by atoms with Gasteiger partial charge in [-0.2, -0.15) is 0 Å². The van der Waals surface area contributed by atoms with E-state index >= 15 is 0 Å². The van der Waals surface area contributed by atoms with Gasteiger partial charge in [-0.05, 0) is 77.3 Å². The number of anilines is 1. The van der Waals surface area contributed by atoms with Gasteiger partial charge in [0.1, 0.15) is 5.82 Å². The molecule has 1 fully saturated rings. The van der Waals surface area contributed by atoms with E-state index in [1.807, 2.05) is 24.3 Å². The van der Waals surface area contributed by atoms with Crippen LogP contribution in [0.2, 0.25) is 0 Å². The van der Waals surface area contributed by atoms with Crippen molar-refractivity contribution in [1.29, 1.82) is 0 Å². The Hall–Kier alpha value is -4.11. The predicted octanol–water partition coefficient (Wildman–Crippen LogP) is 5.65. The maximum Gasteiger partial charge on any atom is 0.293 e. The molecule has 1 aliphatic heterocycles. The van der Waals surface area contributed by atoms with Crippen LogP contribution in [0.15, 0.2) is 71.6 Å². The summed E-state index contributed by atoms with van der Waals surface area (Å²) in [6, 6.07) is 18.2. The standard InChI is InChI=1S/C28H25FN2O5S/c1-3-18-6-11-22(12-7-18)30-26(32)17-36-23-13-8-20(14-24(23)35-2)15-25-27(33)31(28(34)37-25)16-19-4-9-21(29)10-5-19/h4-15H,3,16-17H2,1-2H3,(H,30,32)/b25-15-. The Balaban J connectivity index is 1.39. The fourth-order valence-electron chi connectivity index (χ4n) is 3.62. The van der Waals surface area contributed by atoms with E-state index in [0.29, 0.717) is 28.3 Å². The molecule has 0 aromatic heterocycles. The molecule has 0 radical (unpaired) electrons. The lowest BCUT2D eigenvalue weighted by Gasteiger charge is -2.12. The van der Waals surface area contributed by atoms with E-state index in [-0.39, 0.29) is 29.8 Å². The van der Waals surface area contributed by atoms with Gasteiger partial charge in [0, 0.05) is 5.69 Å². The van der Waals surface area contributed by atoms with E-state index in [1.54, 1.807) is 24.3 Å². The summed E-state index contributed by atoms with van der Waals surface area (Å²) in [6.07, 6.45) is 2.51. The molecule has 1 saturated heterocycles. The van der Waals surface area contributed by atoms with Gasteiger partial charge in [0.2, 0.25) is 0 Å². The molecule has 190 valence electrons. The van der Waals surface area contributed by atoms with E-state index in [4.69, 9.17) is 9.47 Å². The largest absolute Gasteiger partial charge is 0.493 e. The molecule has 0 spiro atoms. The van der Waals surface area contributed by atoms with Gasteiger partial charge in [0.05, 0.1) is 18.6 Å². The zero-order valence-corrected chi connectivity index (χ0v) is 21.1. The van der Waals surface area contributed by atoms with Crippen molar-refractivity contribution in [3.63, 3.8) is 0 Å². The highest BCUT2D eigenvalue weighted by atomic mass is 32.2. The Morgan fingerprint density at radius 1 is 1.00 bits per heavy atom. The van der Waals surface area contributed by atoms with Crippen LogP contribution in [0, 0.1) is 5.82 Å². The van der Waals surface area contributed by atoms with Crippen LogP contribution in [0.25, 0.3) is 6.08 Å². The fourth-order valence-corrected chi connectivity index (χ4v) is 4.46. The first kappa shape index (κ1) is 26.0. The Morgan fingerprint density at radius 2 is 1.70 bits per heavy atom. The SMILES string of the molecule is CCc1ccc(NC(=O)COc2ccc(/C=C3\SC(=O)N(Cc4ccc(F)cc4)C3=O)cc2OC)cc1. The minimum atomic E-state index is -0.428. The highest BCUT2D eigenvalue weighted by Crippen LogP contribution is 2.35. The van der Waals surface area contributed by atoms with Gasteiger partial charge in [-0.1, -0.05) is 37.3 Å². The molecule has 9 heteroatoms. The van der Waals surface area contributed by atoms with Gasteiger partial charge in [-0.25, -0.2) is 4.39 Å². The summed E-state index contributed by atoms with van der Waals surface area (Å²) in [7, 11) is 1.47. The van der Waals surface area contributed by atoms with E-state index in [1.165, 1.54) is 36.9 Å². The fraction of sp³-hybridized carbons (Fsp3) is 0.179. The maximum absolute atomic E-state index is 13.1. The number of hydrogen-bond donors (Lipinski definition) is 1. The third-order valence-electron chi connectivity index (χ3n) is 5.62. The summed E-state index contributed by atoms with van der Waals surface area (Å²) >= 11 is 0.833. The van der Waals surface area contributed by atoms with Crippen LogP contribution < -0.4 is 14.8 Å². The van der Waals surface area contributed by atoms with Crippen LogP contribution in [-0.4, -0.2) is 35.7 Å². The predicted molar refractivity (Wildman–Crippen MR) is 141 cm³/mol. The second-order valence-electron chi connectivity index (χ2n) is 8.19. The molecule has 1 heterocycles. The second-order valence-corrected chi connectivity index (χ2v) is 9.19. The molecular formula is C28H25FN2O5S. The lowest BCUT2D eigenvalue weighted by molar-refractivity contribution is -0.123. The number of carbonyl (C=O) groups excluding carboxylic acids is 3. The Morgan fingerprint density at radius 3 is 2.38 bits per heavy atom. The quantitative estimate of drug-likeness (QED) is 0.367. The highest BCUT2D eigenvalue weighted by Gasteiger charge is 2.35. The highest BCUT2D eigenvalue weighted by molar-refractivity contribution is 8.18. The lowest BCUT2D eigenvalue weighted by atomic mass is 10.1. The molecule has 1 N–H and O–H groups in total. The Bertz CT molecular complexity index is 1340. The van der Waals surface area contributed by atoms with E-state index in [2.05, 4.69) is 12.2 Å². The lowest BCUT2D eigenvalue weighted by Crippen LogP contribution is -2.27. The number of amides is 3. The number of hydrogen-bond acceptors (Lipinski definition) is 6. The average Bonchev–Trinajstić information content (AvgIpc) is 3.16. The first-order chi connectivity index (χ1) is 17.9. The second kappa shape index (κ2) is 11.7. The van der Waals surface area contributed by atoms with Gasteiger partial charge in [0.15, 0.2) is 18.1 Å². The van der Waals surface area contributed by atoms with Gasteiger partial charge in [-0.3, -0.25) is 19.3 Å².